The fraction of sp³-hybridized carbons (Fsp3) is 0.500. The summed E-state index contributed by atoms with van der Waals surface area (Å²) in [4.78, 5) is 18.4. The molecular weight excluding hydrogens is 524 g/mol. The number of nitrogens with zero attached hydrogens (tertiary/aromatic N) is 4. The summed E-state index contributed by atoms with van der Waals surface area (Å²) >= 11 is 0. The third-order valence-electron chi connectivity index (χ3n) is 5.29. The van der Waals surface area contributed by atoms with Crippen molar-refractivity contribution in [3.05, 3.63) is 48.0 Å². The second-order valence-corrected chi connectivity index (χ2v) is 7.61. The van der Waals surface area contributed by atoms with Crippen LogP contribution >= 0.6 is 24.0 Å². The van der Waals surface area contributed by atoms with Gasteiger partial charge in [0.25, 0.3) is 0 Å². The van der Waals surface area contributed by atoms with Crippen molar-refractivity contribution in [2.75, 3.05) is 39.8 Å². The number of guanidine groups is 1. The third kappa shape index (κ3) is 8.05. The third-order valence-corrected chi connectivity index (χ3v) is 5.29. The van der Waals surface area contributed by atoms with Gasteiger partial charge in [0.05, 0.1) is 17.9 Å². The first-order valence-electron chi connectivity index (χ1n) is 10.9. The topological polar surface area (TPSA) is 86.6 Å². The summed E-state index contributed by atoms with van der Waals surface area (Å²) in [6.45, 7) is 5.71. The van der Waals surface area contributed by atoms with Crippen LogP contribution in [0.2, 0.25) is 0 Å². The van der Waals surface area contributed by atoms with E-state index in [0.717, 1.165) is 56.2 Å². The highest BCUT2D eigenvalue weighted by Crippen LogP contribution is 2.11. The van der Waals surface area contributed by atoms with Crippen molar-refractivity contribution in [2.24, 2.45) is 4.99 Å². The molecule has 10 heteroatoms. The predicted molar refractivity (Wildman–Crippen MR) is 135 cm³/mol. The van der Waals surface area contributed by atoms with Gasteiger partial charge in [-0.25, -0.2) is 9.07 Å². The molecule has 8 nitrogen and oxygen atoms in total. The lowest BCUT2D eigenvalue weighted by Gasteiger charge is -2.32. The molecule has 2 aromatic rings. The van der Waals surface area contributed by atoms with Crippen LogP contribution in [0.4, 0.5) is 4.39 Å². The Hall–Kier alpha value is -2.21. The summed E-state index contributed by atoms with van der Waals surface area (Å²) in [5.74, 6) is 0.611. The lowest BCUT2D eigenvalue weighted by atomic mass is 10.1. The van der Waals surface area contributed by atoms with Gasteiger partial charge in [0.15, 0.2) is 5.96 Å². The molecule has 1 aliphatic rings. The Bertz CT molecular complexity index is 863. The van der Waals surface area contributed by atoms with E-state index in [2.05, 4.69) is 25.9 Å². The van der Waals surface area contributed by atoms with Crippen LogP contribution in [0.3, 0.4) is 0 Å². The Morgan fingerprint density at radius 3 is 2.59 bits per heavy atom. The van der Waals surface area contributed by atoms with Crippen LogP contribution in [0.15, 0.2) is 41.5 Å². The highest BCUT2D eigenvalue weighted by atomic mass is 127. The fourth-order valence-electron chi connectivity index (χ4n) is 3.55. The van der Waals surface area contributed by atoms with E-state index in [0.29, 0.717) is 19.1 Å². The van der Waals surface area contributed by atoms with Gasteiger partial charge in [-0.05, 0) is 50.1 Å². The zero-order chi connectivity index (χ0) is 22.1. The molecule has 0 aliphatic carbocycles. The number of hydrogen-bond acceptors (Lipinski definition) is 4. The van der Waals surface area contributed by atoms with E-state index in [9.17, 15) is 9.18 Å². The van der Waals surface area contributed by atoms with Crippen molar-refractivity contribution >= 4 is 35.8 Å². The molecule has 3 rings (SSSR count). The number of carbonyl (C=O) groups excluding carboxylic acids is 1. The van der Waals surface area contributed by atoms with Crippen molar-refractivity contribution in [1.82, 2.24) is 30.6 Å². The normalized spacial score (nSPS) is 15.2. The van der Waals surface area contributed by atoms with E-state index in [1.807, 2.05) is 19.2 Å². The molecule has 0 bridgehead atoms. The quantitative estimate of drug-likeness (QED) is 0.263. The zero-order valence-electron chi connectivity index (χ0n) is 18.7. The number of nitrogens with one attached hydrogen (secondary N) is 3. The van der Waals surface area contributed by atoms with Gasteiger partial charge < -0.3 is 16.0 Å². The number of halogens is 2. The highest BCUT2D eigenvalue weighted by Gasteiger charge is 2.21. The first-order valence-corrected chi connectivity index (χ1v) is 10.9. The van der Waals surface area contributed by atoms with Crippen LogP contribution in [0, 0.1) is 5.82 Å². The Kier molecular flexibility index (Phi) is 10.9. The molecule has 176 valence electrons. The van der Waals surface area contributed by atoms with Crippen LogP contribution in [0.1, 0.15) is 25.5 Å². The van der Waals surface area contributed by atoms with Gasteiger partial charge in [0.2, 0.25) is 5.91 Å². The Morgan fingerprint density at radius 1 is 1.22 bits per heavy atom. The van der Waals surface area contributed by atoms with Gasteiger partial charge in [0, 0.05) is 51.9 Å². The zero-order valence-corrected chi connectivity index (χ0v) is 21.0. The first kappa shape index (κ1) is 26.0. The van der Waals surface area contributed by atoms with Gasteiger partial charge >= 0.3 is 0 Å². The summed E-state index contributed by atoms with van der Waals surface area (Å²) < 4.78 is 14.8. The minimum atomic E-state index is -0.258. The summed E-state index contributed by atoms with van der Waals surface area (Å²) in [5, 5.41) is 14.1. The number of aliphatic imine (C=N–C) groups is 1. The minimum absolute atomic E-state index is 0. The number of hydrogen-bond donors (Lipinski definition) is 3. The van der Waals surface area contributed by atoms with Crippen LogP contribution in [0.25, 0.3) is 5.69 Å². The van der Waals surface area contributed by atoms with E-state index < -0.39 is 0 Å². The summed E-state index contributed by atoms with van der Waals surface area (Å²) in [7, 11) is 1.67. The van der Waals surface area contributed by atoms with E-state index >= 15 is 0 Å². The molecule has 0 atom stereocenters. The Morgan fingerprint density at radius 2 is 1.94 bits per heavy atom. The minimum Gasteiger partial charge on any atom is -0.358 e. The number of amides is 1. The summed E-state index contributed by atoms with van der Waals surface area (Å²) in [6.07, 6.45) is 4.55. The largest absolute Gasteiger partial charge is 0.358 e. The molecule has 1 saturated heterocycles. The number of rotatable bonds is 8. The maximum Gasteiger partial charge on any atom is 0.233 e. The van der Waals surface area contributed by atoms with E-state index in [1.165, 1.54) is 12.1 Å². The number of benzene rings is 1. The van der Waals surface area contributed by atoms with Crippen molar-refractivity contribution in [3.63, 3.8) is 0 Å². The summed E-state index contributed by atoms with van der Waals surface area (Å²) in [6, 6.07) is 8.57. The number of piperidine rings is 1. The number of likely N-dealkylation sites (N-methyl/N-ethyl adjacent to an activating group) is 1. The molecule has 1 aromatic heterocycles. The molecule has 1 fully saturated rings. The molecule has 1 amide bonds. The fourth-order valence-corrected chi connectivity index (χ4v) is 3.55. The van der Waals surface area contributed by atoms with E-state index in [-0.39, 0.29) is 35.7 Å². The standard InChI is InChI=1S/C22H32FN7O.HI/c1-3-25-22(27-18-9-13-29(14-10-18)16-21(31)24-2)26-12-8-19-11-15-30(28-19)20-6-4-17(23)5-7-20;/h4-7,11,15,18H,3,8-10,12-14,16H2,1-2H3,(H,24,31)(H2,25,26,27);1H. The van der Waals surface area contributed by atoms with Gasteiger partial charge in [-0.1, -0.05) is 0 Å². The Balaban J connectivity index is 0.00000363. The molecule has 0 radical (unpaired) electrons. The monoisotopic (exact) mass is 557 g/mol. The smallest absolute Gasteiger partial charge is 0.233 e. The number of carbonyl (C=O) groups is 1. The maximum atomic E-state index is 13.1. The molecule has 0 unspecified atom stereocenters. The molecule has 3 N–H and O–H groups in total. The van der Waals surface area contributed by atoms with Crippen LogP contribution in [-0.2, 0) is 11.2 Å². The van der Waals surface area contributed by atoms with Gasteiger partial charge in [-0.2, -0.15) is 5.10 Å². The van der Waals surface area contributed by atoms with Crippen molar-refractivity contribution < 1.29 is 9.18 Å². The molecule has 2 heterocycles. The Labute approximate surface area is 206 Å². The van der Waals surface area contributed by atoms with E-state index in [1.54, 1.807) is 23.9 Å². The average molecular weight is 557 g/mol. The highest BCUT2D eigenvalue weighted by molar-refractivity contribution is 14.0. The lowest BCUT2D eigenvalue weighted by molar-refractivity contribution is -0.122. The lowest BCUT2D eigenvalue weighted by Crippen LogP contribution is -2.50. The van der Waals surface area contributed by atoms with Crippen LogP contribution < -0.4 is 16.0 Å². The van der Waals surface area contributed by atoms with E-state index in [4.69, 9.17) is 4.99 Å². The SMILES string of the molecule is CCNC(=NCCc1ccn(-c2ccc(F)cc2)n1)NC1CCN(CC(=O)NC)CC1.I. The number of likely N-dealkylation sites (tertiary alicyclic amines) is 1. The van der Waals surface area contributed by atoms with Gasteiger partial charge in [-0.3, -0.25) is 14.7 Å². The van der Waals surface area contributed by atoms with Crippen molar-refractivity contribution in [3.8, 4) is 5.69 Å². The molecule has 0 spiro atoms. The van der Waals surface area contributed by atoms with Crippen LogP contribution in [-0.4, -0.2) is 72.4 Å². The second kappa shape index (κ2) is 13.4. The summed E-state index contributed by atoms with van der Waals surface area (Å²) in [5.41, 5.74) is 1.76. The predicted octanol–water partition coefficient (Wildman–Crippen LogP) is 1.94. The maximum absolute atomic E-state index is 13.1. The molecule has 0 saturated carbocycles. The molecule has 1 aliphatic heterocycles. The number of aromatic nitrogens is 2. The van der Waals surface area contributed by atoms with Gasteiger partial charge in [-0.15, -0.1) is 24.0 Å². The average Bonchev–Trinajstić information content (AvgIpc) is 3.24. The van der Waals surface area contributed by atoms with Crippen LogP contribution in [0.5, 0.6) is 0 Å². The van der Waals surface area contributed by atoms with Crippen molar-refractivity contribution in [2.45, 2.75) is 32.2 Å². The second-order valence-electron chi connectivity index (χ2n) is 7.61. The molecular formula is C22H33FIN7O. The van der Waals surface area contributed by atoms with Gasteiger partial charge in [0.1, 0.15) is 5.82 Å². The first-order chi connectivity index (χ1) is 15.1. The molecule has 32 heavy (non-hydrogen) atoms. The van der Waals surface area contributed by atoms with Crippen molar-refractivity contribution in [1.29, 1.82) is 0 Å². The molecule has 1 aromatic carbocycles.